The predicted molar refractivity (Wildman–Crippen MR) is 102 cm³/mol. The molecular formula is C19H28N4O3. The number of anilines is 1. The van der Waals surface area contributed by atoms with Gasteiger partial charge in [0.1, 0.15) is 0 Å². The van der Waals surface area contributed by atoms with Crippen molar-refractivity contribution in [3.05, 3.63) is 23.8 Å². The summed E-state index contributed by atoms with van der Waals surface area (Å²) >= 11 is 0. The lowest BCUT2D eigenvalue weighted by molar-refractivity contribution is 0.0697. The number of carboxylic acids is 1. The first kappa shape index (κ1) is 18.7. The number of benzene rings is 1. The summed E-state index contributed by atoms with van der Waals surface area (Å²) < 4.78 is 2.02. The zero-order valence-corrected chi connectivity index (χ0v) is 15.7. The van der Waals surface area contributed by atoms with Gasteiger partial charge in [0.05, 0.1) is 16.6 Å². The summed E-state index contributed by atoms with van der Waals surface area (Å²) in [6.07, 6.45) is 0.746. The van der Waals surface area contributed by atoms with Gasteiger partial charge in [-0.15, -0.1) is 0 Å². The monoisotopic (exact) mass is 360 g/mol. The summed E-state index contributed by atoms with van der Waals surface area (Å²) in [6.45, 7) is 8.27. The fraction of sp³-hybridized carbons (Fsp3) is 0.579. The zero-order chi connectivity index (χ0) is 18.8. The normalized spacial score (nSPS) is 18.8. The third-order valence-corrected chi connectivity index (χ3v) is 5.05. The van der Waals surface area contributed by atoms with E-state index in [0.29, 0.717) is 17.5 Å². The van der Waals surface area contributed by atoms with Gasteiger partial charge in [-0.25, -0.2) is 9.78 Å². The molecule has 1 aromatic heterocycles. The molecule has 2 heterocycles. The first-order valence-corrected chi connectivity index (χ1v) is 9.20. The lowest BCUT2D eigenvalue weighted by atomic mass is 10.1. The Labute approximate surface area is 153 Å². The molecule has 1 unspecified atom stereocenters. The fourth-order valence-corrected chi connectivity index (χ4v) is 3.81. The molecule has 2 aromatic rings. The second-order valence-corrected chi connectivity index (χ2v) is 7.48. The Bertz CT molecular complexity index is 786. The summed E-state index contributed by atoms with van der Waals surface area (Å²) in [5.41, 5.74) is 1.88. The molecule has 0 spiro atoms. The quantitative estimate of drug-likeness (QED) is 0.818. The van der Waals surface area contributed by atoms with Gasteiger partial charge in [0.2, 0.25) is 5.95 Å². The van der Waals surface area contributed by atoms with Gasteiger partial charge in [-0.3, -0.25) is 4.90 Å². The van der Waals surface area contributed by atoms with E-state index in [9.17, 15) is 15.0 Å². The van der Waals surface area contributed by atoms with E-state index in [1.165, 1.54) is 0 Å². The van der Waals surface area contributed by atoms with Gasteiger partial charge >= 0.3 is 5.97 Å². The predicted octanol–water partition coefficient (Wildman–Crippen LogP) is 1.80. The van der Waals surface area contributed by atoms with E-state index < -0.39 is 5.97 Å². The van der Waals surface area contributed by atoms with Crippen LogP contribution in [0, 0.1) is 5.92 Å². The first-order valence-electron chi connectivity index (χ1n) is 9.20. The lowest BCUT2D eigenvalue weighted by Crippen LogP contribution is -2.54. The number of aromatic nitrogens is 2. The van der Waals surface area contributed by atoms with Gasteiger partial charge in [0.15, 0.2) is 0 Å². The summed E-state index contributed by atoms with van der Waals surface area (Å²) in [5.74, 6) is 0.507. The van der Waals surface area contributed by atoms with Gasteiger partial charge in [0, 0.05) is 45.9 Å². The molecule has 1 atom stereocenters. The molecule has 142 valence electrons. The van der Waals surface area contributed by atoms with Crippen LogP contribution in [0.3, 0.4) is 0 Å². The molecular weight excluding hydrogens is 332 g/mol. The minimum absolute atomic E-state index is 0.178. The number of aryl methyl sites for hydroxylation is 1. The van der Waals surface area contributed by atoms with Crippen molar-refractivity contribution in [3.8, 4) is 0 Å². The van der Waals surface area contributed by atoms with Crippen molar-refractivity contribution in [2.75, 3.05) is 37.7 Å². The Balaban J connectivity index is 1.86. The Kier molecular flexibility index (Phi) is 5.48. The van der Waals surface area contributed by atoms with E-state index >= 15 is 0 Å². The number of fused-ring (bicyclic) bond motifs is 1. The number of aromatic carboxylic acids is 1. The Hall–Kier alpha value is -2.12. The third-order valence-electron chi connectivity index (χ3n) is 5.05. The standard InChI is InChI=1S/C19H28N4O3/c1-13(2)11-22-7-8-23(12-15(22)6-9-24)19-20-16-10-14(18(25)26)4-5-17(16)21(19)3/h4-5,10,13,15,24H,6-9,11-12H2,1-3H3,(H,25,26). The summed E-state index contributed by atoms with van der Waals surface area (Å²) in [5, 5.41) is 18.6. The molecule has 7 heteroatoms. The average molecular weight is 360 g/mol. The molecule has 0 bridgehead atoms. The SMILES string of the molecule is CC(C)CN1CCN(c2nc3cc(C(=O)O)ccc3n2C)CC1CCO. The number of aliphatic hydroxyl groups is 1. The van der Waals surface area contributed by atoms with Crippen LogP contribution in [0.5, 0.6) is 0 Å². The summed E-state index contributed by atoms with van der Waals surface area (Å²) in [6, 6.07) is 5.35. The van der Waals surface area contributed by atoms with Gasteiger partial charge in [0.25, 0.3) is 0 Å². The van der Waals surface area contributed by atoms with Crippen molar-refractivity contribution in [2.24, 2.45) is 13.0 Å². The van der Waals surface area contributed by atoms with Crippen molar-refractivity contribution in [2.45, 2.75) is 26.3 Å². The first-order chi connectivity index (χ1) is 12.4. The van der Waals surface area contributed by atoms with Crippen LogP contribution in [0.25, 0.3) is 11.0 Å². The highest BCUT2D eigenvalue weighted by Gasteiger charge is 2.29. The van der Waals surface area contributed by atoms with Crippen LogP contribution in [0.15, 0.2) is 18.2 Å². The van der Waals surface area contributed by atoms with Crippen molar-refractivity contribution >= 4 is 23.0 Å². The second kappa shape index (κ2) is 7.63. The van der Waals surface area contributed by atoms with E-state index in [1.807, 2.05) is 17.7 Å². The van der Waals surface area contributed by atoms with E-state index in [2.05, 4.69) is 23.6 Å². The molecule has 26 heavy (non-hydrogen) atoms. The molecule has 2 N–H and O–H groups in total. The molecule has 0 aliphatic carbocycles. The Morgan fingerprint density at radius 3 is 2.77 bits per heavy atom. The maximum Gasteiger partial charge on any atom is 0.335 e. The number of piperazine rings is 1. The summed E-state index contributed by atoms with van der Waals surface area (Å²) in [7, 11) is 1.96. The van der Waals surface area contributed by atoms with Crippen molar-refractivity contribution in [3.63, 3.8) is 0 Å². The van der Waals surface area contributed by atoms with Crippen LogP contribution in [0.1, 0.15) is 30.6 Å². The number of hydrogen-bond donors (Lipinski definition) is 2. The van der Waals surface area contributed by atoms with Gasteiger partial charge in [-0.05, 0) is 30.5 Å². The van der Waals surface area contributed by atoms with E-state index in [1.54, 1.807) is 12.1 Å². The van der Waals surface area contributed by atoms with Gasteiger partial charge in [-0.1, -0.05) is 13.8 Å². The molecule has 7 nitrogen and oxygen atoms in total. The minimum atomic E-state index is -0.940. The van der Waals surface area contributed by atoms with E-state index in [-0.39, 0.29) is 12.2 Å². The molecule has 1 fully saturated rings. The highest BCUT2D eigenvalue weighted by molar-refractivity contribution is 5.93. The number of carbonyl (C=O) groups is 1. The molecule has 0 radical (unpaired) electrons. The highest BCUT2D eigenvalue weighted by Crippen LogP contribution is 2.25. The minimum Gasteiger partial charge on any atom is -0.478 e. The zero-order valence-electron chi connectivity index (χ0n) is 15.7. The van der Waals surface area contributed by atoms with Crippen molar-refractivity contribution in [1.29, 1.82) is 0 Å². The number of hydrogen-bond acceptors (Lipinski definition) is 5. The third kappa shape index (κ3) is 3.68. The van der Waals surface area contributed by atoms with Crippen LogP contribution >= 0.6 is 0 Å². The maximum atomic E-state index is 11.2. The average Bonchev–Trinajstić information content (AvgIpc) is 2.92. The topological polar surface area (TPSA) is 81.8 Å². The lowest BCUT2D eigenvalue weighted by Gasteiger charge is -2.42. The van der Waals surface area contributed by atoms with E-state index in [4.69, 9.17) is 4.98 Å². The van der Waals surface area contributed by atoms with Crippen molar-refractivity contribution in [1.82, 2.24) is 14.5 Å². The number of imidazole rings is 1. The molecule has 0 saturated carbocycles. The molecule has 1 aromatic carbocycles. The molecule has 1 saturated heterocycles. The molecule has 1 aliphatic rings. The Morgan fingerprint density at radius 1 is 1.35 bits per heavy atom. The second-order valence-electron chi connectivity index (χ2n) is 7.48. The summed E-state index contributed by atoms with van der Waals surface area (Å²) in [4.78, 5) is 20.6. The largest absolute Gasteiger partial charge is 0.478 e. The van der Waals surface area contributed by atoms with Crippen LogP contribution < -0.4 is 4.90 Å². The number of aliphatic hydroxyl groups excluding tert-OH is 1. The molecule has 1 aliphatic heterocycles. The van der Waals surface area contributed by atoms with Gasteiger partial charge in [-0.2, -0.15) is 0 Å². The van der Waals surface area contributed by atoms with Crippen molar-refractivity contribution < 1.29 is 15.0 Å². The molecule has 0 amide bonds. The van der Waals surface area contributed by atoms with Crippen LogP contribution in [-0.4, -0.2) is 69.5 Å². The molecule has 3 rings (SSSR count). The smallest absolute Gasteiger partial charge is 0.335 e. The van der Waals surface area contributed by atoms with Crippen LogP contribution in [-0.2, 0) is 7.05 Å². The van der Waals surface area contributed by atoms with Crippen LogP contribution in [0.4, 0.5) is 5.95 Å². The number of nitrogens with zero attached hydrogens (tertiary/aromatic N) is 4. The van der Waals surface area contributed by atoms with Gasteiger partial charge < -0.3 is 19.7 Å². The Morgan fingerprint density at radius 2 is 2.12 bits per heavy atom. The van der Waals surface area contributed by atoms with E-state index in [0.717, 1.165) is 44.1 Å². The number of rotatable bonds is 6. The fourth-order valence-electron chi connectivity index (χ4n) is 3.81. The maximum absolute atomic E-state index is 11.2. The highest BCUT2D eigenvalue weighted by atomic mass is 16.4. The number of carboxylic acid groups (broad SMARTS) is 1. The van der Waals surface area contributed by atoms with Crippen LogP contribution in [0.2, 0.25) is 0 Å².